The molecule has 9 atom stereocenters. The molecule has 0 fully saturated rings. The monoisotopic (exact) mass is 743 g/mol. The van der Waals surface area contributed by atoms with Crippen molar-refractivity contribution in [2.45, 2.75) is 90.5 Å². The number of Topliss-reactive ketones (excluding diaryl/α,β-unsaturated/α-hetero) is 1. The number of thioether (sulfide) groups is 1. The molecule has 13 nitrogen and oxygen atoms in total. The Bertz CT molecular complexity index is 1840. The van der Waals surface area contributed by atoms with Crippen LogP contribution in [-0.4, -0.2) is 86.8 Å². The van der Waals surface area contributed by atoms with Crippen LogP contribution in [0.5, 0.6) is 23.0 Å². The van der Waals surface area contributed by atoms with Gasteiger partial charge in [-0.1, -0.05) is 45.9 Å². The van der Waals surface area contributed by atoms with Crippen LogP contribution in [0, 0.1) is 30.6 Å². The second-order valence-electron chi connectivity index (χ2n) is 13.7. The van der Waals surface area contributed by atoms with E-state index in [2.05, 4.69) is 5.32 Å². The zero-order valence-electron chi connectivity index (χ0n) is 31.0. The number of carbonyl (C=O) groups excluding carboxylic acids is 3. The van der Waals surface area contributed by atoms with Gasteiger partial charge in [-0.3, -0.25) is 14.4 Å². The Balaban J connectivity index is 1.93. The van der Waals surface area contributed by atoms with Gasteiger partial charge in [0.25, 0.3) is 11.7 Å². The van der Waals surface area contributed by atoms with Gasteiger partial charge >= 0.3 is 11.8 Å². The fourth-order valence-electron chi connectivity index (χ4n) is 6.89. The Hall–Kier alpha value is -4.24. The van der Waals surface area contributed by atoms with Crippen molar-refractivity contribution < 1.29 is 58.9 Å². The highest BCUT2D eigenvalue weighted by atomic mass is 32.2. The van der Waals surface area contributed by atoms with Crippen molar-refractivity contribution in [1.82, 2.24) is 0 Å². The highest BCUT2D eigenvalue weighted by Gasteiger charge is 2.50. The number of amides is 1. The van der Waals surface area contributed by atoms with E-state index >= 15 is 0 Å². The summed E-state index contributed by atoms with van der Waals surface area (Å²) in [6, 6.07) is 0. The van der Waals surface area contributed by atoms with Gasteiger partial charge in [0.1, 0.15) is 29.0 Å². The molecular formula is C38H49NO12S. The lowest BCUT2D eigenvalue weighted by Gasteiger charge is -2.38. The van der Waals surface area contributed by atoms with Crippen molar-refractivity contribution in [2.75, 3.05) is 18.7 Å². The quantitative estimate of drug-likeness (QED) is 0.100. The number of allylic oxidation sites excluding steroid dienone is 2. The molecule has 2 aromatic carbocycles. The number of anilines is 1. The van der Waals surface area contributed by atoms with Crippen LogP contribution in [0.3, 0.4) is 0 Å². The lowest BCUT2D eigenvalue weighted by atomic mass is 9.78. The van der Waals surface area contributed by atoms with E-state index in [1.807, 2.05) is 0 Å². The van der Waals surface area contributed by atoms with Crippen LogP contribution in [0.25, 0.3) is 10.8 Å². The van der Waals surface area contributed by atoms with E-state index in [1.54, 1.807) is 46.1 Å². The molecule has 5 bridgehead atoms. The number of phenolic OH excluding ortho intramolecular Hbond substituents is 3. The molecule has 0 saturated carbocycles. The highest BCUT2D eigenvalue weighted by Crippen LogP contribution is 2.56. The summed E-state index contributed by atoms with van der Waals surface area (Å²) < 4.78 is 23.3. The number of hydrogen-bond acceptors (Lipinski definition) is 13. The Labute approximate surface area is 307 Å². The van der Waals surface area contributed by atoms with Crippen molar-refractivity contribution in [2.24, 2.45) is 23.7 Å². The van der Waals surface area contributed by atoms with E-state index < -0.39 is 88.8 Å². The summed E-state index contributed by atoms with van der Waals surface area (Å²) in [6.45, 7) is 12.5. The number of ketones is 1. The molecule has 0 aliphatic carbocycles. The third-order valence-corrected chi connectivity index (χ3v) is 11.0. The summed E-state index contributed by atoms with van der Waals surface area (Å²) in [5.74, 6) is -7.95. The molecule has 14 heteroatoms. The number of rotatable bonds is 3. The van der Waals surface area contributed by atoms with Crippen molar-refractivity contribution in [1.29, 1.82) is 0 Å². The summed E-state index contributed by atoms with van der Waals surface area (Å²) in [4.78, 5) is 39.8. The number of phenols is 3. The molecule has 3 heterocycles. The van der Waals surface area contributed by atoms with Crippen molar-refractivity contribution in [3.05, 3.63) is 47.3 Å². The maximum Gasteiger partial charge on any atom is 0.312 e. The van der Waals surface area contributed by atoms with E-state index in [1.165, 1.54) is 53.2 Å². The second-order valence-corrected chi connectivity index (χ2v) is 14.6. The molecular weight excluding hydrogens is 694 g/mol. The summed E-state index contributed by atoms with van der Waals surface area (Å²) in [7, 11) is 1.44. The van der Waals surface area contributed by atoms with Crippen molar-refractivity contribution in [3.63, 3.8) is 0 Å². The number of aliphatic hydroxyl groups excluding tert-OH is 2. The third-order valence-electron chi connectivity index (χ3n) is 10.2. The van der Waals surface area contributed by atoms with Gasteiger partial charge < -0.3 is 49.8 Å². The maximum absolute atomic E-state index is 14.1. The first kappa shape index (κ1) is 40.5. The molecule has 9 unspecified atom stereocenters. The topological polar surface area (TPSA) is 201 Å². The van der Waals surface area contributed by atoms with E-state index in [0.717, 1.165) is 11.8 Å². The lowest BCUT2D eigenvalue weighted by molar-refractivity contribution is -0.160. The van der Waals surface area contributed by atoms with E-state index in [0.29, 0.717) is 0 Å². The number of ether oxygens (including phenoxy) is 4. The minimum Gasteiger partial charge on any atom is -0.507 e. The summed E-state index contributed by atoms with van der Waals surface area (Å²) in [6.07, 6.45) is 5.25. The van der Waals surface area contributed by atoms with Crippen LogP contribution >= 0.6 is 11.8 Å². The van der Waals surface area contributed by atoms with E-state index in [-0.39, 0.29) is 43.8 Å². The zero-order valence-corrected chi connectivity index (χ0v) is 31.8. The fraction of sp³-hybridized carbons (Fsp3) is 0.500. The van der Waals surface area contributed by atoms with Gasteiger partial charge in [-0.2, -0.15) is 0 Å². The molecule has 0 spiro atoms. The molecule has 3 aliphatic heterocycles. The second kappa shape index (κ2) is 15.8. The lowest BCUT2D eigenvalue weighted by Crippen LogP contribution is -2.46. The summed E-state index contributed by atoms with van der Waals surface area (Å²) >= 11 is 0.995. The Morgan fingerprint density at radius 1 is 0.942 bits per heavy atom. The van der Waals surface area contributed by atoms with Gasteiger partial charge in [0.05, 0.1) is 40.4 Å². The van der Waals surface area contributed by atoms with E-state index in [4.69, 9.17) is 18.9 Å². The van der Waals surface area contributed by atoms with E-state index in [9.17, 15) is 39.9 Å². The van der Waals surface area contributed by atoms with Gasteiger partial charge in [0.2, 0.25) is 0 Å². The Morgan fingerprint density at radius 2 is 1.60 bits per heavy atom. The van der Waals surface area contributed by atoms with Crippen molar-refractivity contribution >= 4 is 45.9 Å². The van der Waals surface area contributed by atoms with Gasteiger partial charge in [-0.15, -0.1) is 11.8 Å². The molecule has 52 heavy (non-hydrogen) atoms. The number of aliphatic hydroxyl groups is 2. The van der Waals surface area contributed by atoms with Gasteiger partial charge in [-0.05, 0) is 26.2 Å². The first-order chi connectivity index (χ1) is 24.3. The Morgan fingerprint density at radius 3 is 2.19 bits per heavy atom. The predicted molar refractivity (Wildman–Crippen MR) is 196 cm³/mol. The van der Waals surface area contributed by atoms with Crippen molar-refractivity contribution in [3.8, 4) is 23.0 Å². The number of benzene rings is 2. The average molecular weight is 744 g/mol. The van der Waals surface area contributed by atoms with Gasteiger partial charge in [0, 0.05) is 61.2 Å². The smallest absolute Gasteiger partial charge is 0.312 e. The number of nitrogens with one attached hydrogen (secondary N) is 1. The van der Waals surface area contributed by atoms with Crippen LogP contribution in [0.15, 0.2) is 41.0 Å². The first-order valence-electron chi connectivity index (χ1n) is 16.9. The molecule has 5 rings (SSSR count). The SMILES string of the molecule is COC1C=COC2(C)Oc3c(C)c(O)c4c(O)c(c(SC)c(O)c4c3C2=O)NC(=O)C(C)=CC=CC(C)C(O)C(C)C(O)C(C)C(OC(C)=O)C1C. The number of esters is 1. The standard InChI is InChI=1S/C38H49NO12S/c1-16-12-11-13-17(2)37(47)39-27-31(44)25-24(32(45)35(27)52-10)26-34(21(6)30(25)43)51-38(8,36(26)46)49-15-14-23(48-9)18(3)33(50-22(7)40)20(5)29(42)19(4)28(16)41/h11-16,18-20,23,28-29,33,41-45H,1-10H3,(H,39,47). The molecule has 3 aliphatic rings. The van der Waals surface area contributed by atoms with Crippen LogP contribution in [0.4, 0.5) is 5.69 Å². The van der Waals surface area contributed by atoms with Crippen LogP contribution in [0.2, 0.25) is 0 Å². The highest BCUT2D eigenvalue weighted by molar-refractivity contribution is 7.98. The molecule has 0 aromatic heterocycles. The summed E-state index contributed by atoms with van der Waals surface area (Å²) in [5.41, 5.74) is -0.0414. The summed E-state index contributed by atoms with van der Waals surface area (Å²) in [5, 5.41) is 59.3. The number of aromatic hydroxyl groups is 3. The average Bonchev–Trinajstić information content (AvgIpc) is 3.36. The first-order valence-corrected chi connectivity index (χ1v) is 18.2. The minimum atomic E-state index is -2.00. The molecule has 284 valence electrons. The number of carbonyl (C=O) groups is 3. The normalized spacial score (nSPS) is 30.2. The number of hydrogen-bond donors (Lipinski definition) is 6. The molecule has 2 aromatic rings. The van der Waals surface area contributed by atoms with Crippen LogP contribution in [0.1, 0.15) is 64.4 Å². The largest absolute Gasteiger partial charge is 0.507 e. The number of fused-ring (bicyclic) bond motifs is 14. The minimum absolute atomic E-state index is 0.0293. The Kier molecular flexibility index (Phi) is 12.3. The van der Waals surface area contributed by atoms with Crippen LogP contribution < -0.4 is 10.1 Å². The molecule has 0 radical (unpaired) electrons. The maximum atomic E-state index is 14.1. The fourth-order valence-corrected chi connectivity index (χ4v) is 7.54. The predicted octanol–water partition coefficient (Wildman–Crippen LogP) is 5.48. The van der Waals surface area contributed by atoms with Gasteiger partial charge in [-0.25, -0.2) is 0 Å². The molecule has 0 saturated heterocycles. The molecule has 1 amide bonds. The zero-order chi connectivity index (χ0) is 39.0. The molecule has 6 N–H and O–H groups in total. The number of methoxy groups -OCH3 is 1. The third kappa shape index (κ3) is 7.34. The van der Waals surface area contributed by atoms with Gasteiger partial charge in [0.15, 0.2) is 5.75 Å². The van der Waals surface area contributed by atoms with Crippen LogP contribution in [-0.2, 0) is 23.8 Å².